The standard InChI is InChI=1S/C19H17NO5/c21-17-16(18(22)23)11-15(20(17)19(24)25)10-12-6-8-14(9-7-12)13-4-2-1-3-5-13/h1-9,15-16H,10-11H2,(H,22,23)(H,24,25)/t15?,16-/m0/s1. The third-order valence-corrected chi connectivity index (χ3v) is 4.45. The van der Waals surface area contributed by atoms with Crippen molar-refractivity contribution in [3.63, 3.8) is 0 Å². The smallest absolute Gasteiger partial charge is 0.414 e. The van der Waals surface area contributed by atoms with Gasteiger partial charge >= 0.3 is 12.1 Å². The molecule has 2 aromatic rings. The molecular weight excluding hydrogens is 322 g/mol. The van der Waals surface area contributed by atoms with Crippen LogP contribution in [0.25, 0.3) is 11.1 Å². The van der Waals surface area contributed by atoms with Crippen LogP contribution in [0.3, 0.4) is 0 Å². The molecule has 2 atom stereocenters. The van der Waals surface area contributed by atoms with Crippen LogP contribution >= 0.6 is 0 Å². The lowest BCUT2D eigenvalue weighted by Crippen LogP contribution is -2.40. The average molecular weight is 339 g/mol. The average Bonchev–Trinajstić information content (AvgIpc) is 2.93. The zero-order chi connectivity index (χ0) is 18.0. The van der Waals surface area contributed by atoms with E-state index in [0.717, 1.165) is 16.7 Å². The third kappa shape index (κ3) is 3.38. The highest BCUT2D eigenvalue weighted by atomic mass is 16.4. The van der Waals surface area contributed by atoms with Gasteiger partial charge in [0.2, 0.25) is 5.91 Å². The minimum Gasteiger partial charge on any atom is -0.481 e. The number of carboxylic acids is 1. The first-order valence-corrected chi connectivity index (χ1v) is 7.90. The van der Waals surface area contributed by atoms with Crippen molar-refractivity contribution in [2.24, 2.45) is 5.92 Å². The number of carbonyl (C=O) groups excluding carboxylic acids is 1. The number of rotatable bonds is 4. The molecule has 25 heavy (non-hydrogen) atoms. The zero-order valence-corrected chi connectivity index (χ0v) is 13.3. The van der Waals surface area contributed by atoms with Crippen LogP contribution in [0.2, 0.25) is 0 Å². The molecule has 1 fully saturated rings. The molecule has 0 aromatic heterocycles. The van der Waals surface area contributed by atoms with E-state index in [4.69, 9.17) is 5.11 Å². The molecular formula is C19H17NO5. The van der Waals surface area contributed by atoms with Crippen molar-refractivity contribution < 1.29 is 24.6 Å². The summed E-state index contributed by atoms with van der Waals surface area (Å²) in [5.41, 5.74) is 2.96. The molecule has 128 valence electrons. The molecule has 0 bridgehead atoms. The van der Waals surface area contributed by atoms with Crippen molar-refractivity contribution in [2.45, 2.75) is 18.9 Å². The number of aliphatic carboxylic acids is 1. The summed E-state index contributed by atoms with van der Waals surface area (Å²) in [5.74, 6) is -3.42. The van der Waals surface area contributed by atoms with E-state index in [1.54, 1.807) is 0 Å². The maximum atomic E-state index is 12.0. The minimum absolute atomic E-state index is 0.000896. The molecule has 6 heteroatoms. The fourth-order valence-corrected chi connectivity index (χ4v) is 3.19. The van der Waals surface area contributed by atoms with Crippen LogP contribution in [0, 0.1) is 5.92 Å². The largest absolute Gasteiger partial charge is 0.481 e. The Morgan fingerprint density at radius 1 is 0.960 bits per heavy atom. The Morgan fingerprint density at radius 3 is 2.12 bits per heavy atom. The molecule has 6 nitrogen and oxygen atoms in total. The highest BCUT2D eigenvalue weighted by Gasteiger charge is 2.46. The molecule has 1 aliphatic rings. The first-order chi connectivity index (χ1) is 12.0. The predicted molar refractivity (Wildman–Crippen MR) is 90.0 cm³/mol. The van der Waals surface area contributed by atoms with Gasteiger partial charge < -0.3 is 10.2 Å². The van der Waals surface area contributed by atoms with Crippen molar-refractivity contribution in [1.29, 1.82) is 0 Å². The van der Waals surface area contributed by atoms with E-state index in [-0.39, 0.29) is 6.42 Å². The van der Waals surface area contributed by atoms with Crippen LogP contribution < -0.4 is 0 Å². The number of likely N-dealkylation sites (tertiary alicyclic amines) is 1. The molecule has 1 heterocycles. The van der Waals surface area contributed by atoms with Gasteiger partial charge in [-0.1, -0.05) is 54.6 Å². The van der Waals surface area contributed by atoms with Crippen molar-refractivity contribution in [1.82, 2.24) is 4.90 Å². The van der Waals surface area contributed by atoms with Crippen LogP contribution in [-0.4, -0.2) is 39.1 Å². The molecule has 1 unspecified atom stereocenters. The van der Waals surface area contributed by atoms with Gasteiger partial charge in [0.15, 0.2) is 0 Å². The third-order valence-electron chi connectivity index (χ3n) is 4.45. The Labute approximate surface area is 144 Å². The lowest BCUT2D eigenvalue weighted by molar-refractivity contribution is -0.146. The lowest BCUT2D eigenvalue weighted by Gasteiger charge is -2.19. The van der Waals surface area contributed by atoms with Crippen molar-refractivity contribution in [3.05, 3.63) is 60.2 Å². The number of carbonyl (C=O) groups is 3. The van der Waals surface area contributed by atoms with Crippen LogP contribution in [-0.2, 0) is 16.0 Å². The van der Waals surface area contributed by atoms with E-state index >= 15 is 0 Å². The summed E-state index contributed by atoms with van der Waals surface area (Å²) >= 11 is 0. The zero-order valence-electron chi connectivity index (χ0n) is 13.3. The topological polar surface area (TPSA) is 94.9 Å². The molecule has 0 spiro atoms. The Balaban J connectivity index is 1.78. The van der Waals surface area contributed by atoms with Crippen LogP contribution in [0.5, 0.6) is 0 Å². The van der Waals surface area contributed by atoms with Gasteiger partial charge in [0.05, 0.1) is 0 Å². The summed E-state index contributed by atoms with van der Waals surface area (Å²) in [6.45, 7) is 0. The maximum Gasteiger partial charge on any atom is 0.414 e. The highest BCUT2D eigenvalue weighted by Crippen LogP contribution is 2.28. The van der Waals surface area contributed by atoms with E-state index in [9.17, 15) is 19.5 Å². The Morgan fingerprint density at radius 2 is 1.56 bits per heavy atom. The van der Waals surface area contributed by atoms with Crippen molar-refractivity contribution >= 4 is 18.0 Å². The van der Waals surface area contributed by atoms with Crippen LogP contribution in [0.1, 0.15) is 12.0 Å². The molecule has 2 aromatic carbocycles. The molecule has 2 amide bonds. The van der Waals surface area contributed by atoms with Crippen LogP contribution in [0.4, 0.5) is 4.79 Å². The summed E-state index contributed by atoms with van der Waals surface area (Å²) in [6.07, 6.45) is -1.10. The molecule has 0 saturated carbocycles. The molecule has 3 rings (SSSR count). The van der Waals surface area contributed by atoms with Gasteiger partial charge in [0.1, 0.15) is 5.92 Å². The molecule has 1 saturated heterocycles. The SMILES string of the molecule is O=C(O)[C@H]1CC(Cc2ccc(-c3ccccc3)cc2)N(C(=O)O)C1=O. The van der Waals surface area contributed by atoms with E-state index in [2.05, 4.69) is 0 Å². The van der Waals surface area contributed by atoms with Gasteiger partial charge in [-0.25, -0.2) is 9.69 Å². The van der Waals surface area contributed by atoms with Gasteiger partial charge in [-0.15, -0.1) is 0 Å². The minimum atomic E-state index is -1.40. The summed E-state index contributed by atoms with van der Waals surface area (Å²) in [5, 5.41) is 18.3. The number of carboxylic acid groups (broad SMARTS) is 2. The number of benzene rings is 2. The summed E-state index contributed by atoms with van der Waals surface area (Å²) in [6, 6.07) is 16.8. The van der Waals surface area contributed by atoms with Crippen molar-refractivity contribution in [2.75, 3.05) is 0 Å². The first-order valence-electron chi connectivity index (χ1n) is 7.90. The number of imide groups is 1. The first kappa shape index (κ1) is 16.7. The number of hydrogen-bond donors (Lipinski definition) is 2. The Bertz CT molecular complexity index is 800. The van der Waals surface area contributed by atoms with E-state index in [1.165, 1.54) is 0 Å². The van der Waals surface area contributed by atoms with E-state index in [1.807, 2.05) is 54.6 Å². The monoisotopic (exact) mass is 339 g/mol. The predicted octanol–water partition coefficient (Wildman–Crippen LogP) is 2.88. The fraction of sp³-hybridized carbons (Fsp3) is 0.211. The van der Waals surface area contributed by atoms with Crippen LogP contribution in [0.15, 0.2) is 54.6 Å². The number of amides is 2. The van der Waals surface area contributed by atoms with Crippen molar-refractivity contribution in [3.8, 4) is 11.1 Å². The molecule has 1 aliphatic heterocycles. The fourth-order valence-electron chi connectivity index (χ4n) is 3.19. The summed E-state index contributed by atoms with van der Waals surface area (Å²) < 4.78 is 0. The van der Waals surface area contributed by atoms with Gasteiger partial charge in [-0.3, -0.25) is 9.59 Å². The normalized spacial score (nSPS) is 19.8. The van der Waals surface area contributed by atoms with Gasteiger partial charge in [-0.2, -0.15) is 0 Å². The van der Waals surface area contributed by atoms with Gasteiger partial charge in [0.25, 0.3) is 0 Å². The molecule has 0 radical (unpaired) electrons. The number of nitrogens with zero attached hydrogens (tertiary/aromatic N) is 1. The van der Waals surface area contributed by atoms with E-state index < -0.39 is 29.9 Å². The maximum absolute atomic E-state index is 12.0. The quantitative estimate of drug-likeness (QED) is 0.835. The number of hydrogen-bond acceptors (Lipinski definition) is 3. The second kappa shape index (κ2) is 6.76. The van der Waals surface area contributed by atoms with Gasteiger partial charge in [-0.05, 0) is 29.5 Å². The lowest BCUT2D eigenvalue weighted by atomic mass is 9.98. The molecule has 0 aliphatic carbocycles. The second-order valence-corrected chi connectivity index (χ2v) is 6.04. The highest BCUT2D eigenvalue weighted by molar-refractivity contribution is 6.05. The second-order valence-electron chi connectivity index (χ2n) is 6.04. The Hall–Kier alpha value is -3.15. The summed E-state index contributed by atoms with van der Waals surface area (Å²) in [7, 11) is 0. The van der Waals surface area contributed by atoms with E-state index in [0.29, 0.717) is 11.3 Å². The molecule has 2 N–H and O–H groups in total. The summed E-state index contributed by atoms with van der Waals surface area (Å²) in [4.78, 5) is 35.1. The van der Waals surface area contributed by atoms with Gasteiger partial charge in [0, 0.05) is 6.04 Å². The Kier molecular flexibility index (Phi) is 4.52.